The Morgan fingerprint density at radius 2 is 1.72 bits per heavy atom. The number of rotatable bonds is 11. The van der Waals surface area contributed by atoms with Crippen molar-refractivity contribution in [3.63, 3.8) is 0 Å². The Morgan fingerprint density at radius 3 is 2.31 bits per heavy atom. The van der Waals surface area contributed by atoms with Gasteiger partial charge in [-0.15, -0.1) is 0 Å². The van der Waals surface area contributed by atoms with E-state index in [0.29, 0.717) is 42.1 Å². The second-order valence-corrected chi connectivity index (χ2v) is 7.13. The summed E-state index contributed by atoms with van der Waals surface area (Å²) in [5, 5.41) is 7.92. The number of nitrogens with one attached hydrogen (secondary N) is 4. The summed E-state index contributed by atoms with van der Waals surface area (Å²) in [5.74, 6) is 0.494. The third-order valence-corrected chi connectivity index (χ3v) is 4.69. The molecule has 0 aliphatic carbocycles. The van der Waals surface area contributed by atoms with Crippen molar-refractivity contribution >= 4 is 24.4 Å². The minimum absolute atomic E-state index is 0.125. The number of anilines is 1. The molecule has 2 rings (SSSR count). The van der Waals surface area contributed by atoms with Crippen molar-refractivity contribution in [2.75, 3.05) is 18.4 Å². The van der Waals surface area contributed by atoms with E-state index in [-0.39, 0.29) is 11.5 Å². The number of aromatic nitrogens is 2. The standard InChI is InChI=1S/C22H29N5O5/c1-3-18-15(2)25-20(26-19(18)29)27-21(30)23-12-6-4-5-7-13-24-22(31)32-17-10-8-16(14-28)9-11-17/h8-11,14H,3-7,12-13H2,1-2H3,(H,24,31)(H3,23,25,26,27,29,30). The zero-order valence-electron chi connectivity index (χ0n) is 18.3. The van der Waals surface area contributed by atoms with E-state index in [9.17, 15) is 19.2 Å². The first-order chi connectivity index (χ1) is 15.4. The summed E-state index contributed by atoms with van der Waals surface area (Å²) in [7, 11) is 0. The van der Waals surface area contributed by atoms with E-state index in [1.54, 1.807) is 31.2 Å². The van der Waals surface area contributed by atoms with Gasteiger partial charge in [0.25, 0.3) is 5.56 Å². The molecule has 4 N–H and O–H groups in total. The number of aldehydes is 1. The molecule has 2 aromatic rings. The van der Waals surface area contributed by atoms with Crippen molar-refractivity contribution < 1.29 is 19.1 Å². The van der Waals surface area contributed by atoms with Crippen LogP contribution in [0.15, 0.2) is 29.1 Å². The fraction of sp³-hybridized carbons (Fsp3) is 0.409. The van der Waals surface area contributed by atoms with Gasteiger partial charge in [0.05, 0.1) is 0 Å². The second-order valence-electron chi connectivity index (χ2n) is 7.13. The molecule has 10 heteroatoms. The first kappa shape index (κ1) is 24.6. The molecular weight excluding hydrogens is 414 g/mol. The van der Waals surface area contributed by atoms with Gasteiger partial charge in [0.1, 0.15) is 12.0 Å². The number of hydrogen-bond donors (Lipinski definition) is 4. The summed E-state index contributed by atoms with van der Waals surface area (Å²) in [6.07, 6.45) is 4.06. The number of carbonyl (C=O) groups is 3. The molecule has 0 aliphatic heterocycles. The van der Waals surface area contributed by atoms with Gasteiger partial charge in [0.15, 0.2) is 0 Å². The molecule has 1 aromatic carbocycles. The zero-order valence-corrected chi connectivity index (χ0v) is 18.3. The Labute approximate surface area is 186 Å². The SMILES string of the molecule is CCc1c(C)nc(NC(=O)NCCCCCCNC(=O)Oc2ccc(C=O)cc2)[nH]c1=O. The molecule has 3 amide bonds. The van der Waals surface area contributed by atoms with E-state index in [1.165, 1.54) is 0 Å². The molecule has 0 fully saturated rings. The summed E-state index contributed by atoms with van der Waals surface area (Å²) in [6, 6.07) is 5.83. The first-order valence-corrected chi connectivity index (χ1v) is 10.6. The van der Waals surface area contributed by atoms with E-state index in [1.807, 2.05) is 6.92 Å². The summed E-state index contributed by atoms with van der Waals surface area (Å²) in [6.45, 7) is 4.56. The lowest BCUT2D eigenvalue weighted by Gasteiger charge is -2.09. The predicted octanol–water partition coefficient (Wildman–Crippen LogP) is 2.92. The van der Waals surface area contributed by atoms with Crippen LogP contribution in [0.1, 0.15) is 54.2 Å². The van der Waals surface area contributed by atoms with Gasteiger partial charge in [0.2, 0.25) is 5.95 Å². The van der Waals surface area contributed by atoms with Crippen LogP contribution in [0, 0.1) is 6.92 Å². The Bertz CT molecular complexity index is 972. The van der Waals surface area contributed by atoms with E-state index in [4.69, 9.17) is 4.74 Å². The van der Waals surface area contributed by atoms with Gasteiger partial charge in [-0.3, -0.25) is 19.9 Å². The maximum atomic E-state index is 11.9. The molecule has 1 heterocycles. The van der Waals surface area contributed by atoms with Crippen molar-refractivity contribution in [2.45, 2.75) is 46.0 Å². The van der Waals surface area contributed by atoms with Crippen molar-refractivity contribution in [3.8, 4) is 5.75 Å². The van der Waals surface area contributed by atoms with Crippen LogP contribution in [0.5, 0.6) is 5.75 Å². The first-order valence-electron chi connectivity index (χ1n) is 10.6. The summed E-state index contributed by atoms with van der Waals surface area (Å²) >= 11 is 0. The lowest BCUT2D eigenvalue weighted by Crippen LogP contribution is -2.31. The number of unbranched alkanes of at least 4 members (excludes halogenated alkanes) is 3. The molecule has 172 valence electrons. The highest BCUT2D eigenvalue weighted by molar-refractivity contribution is 5.87. The molecular formula is C22H29N5O5. The highest BCUT2D eigenvalue weighted by Gasteiger charge is 2.08. The molecule has 0 unspecified atom stereocenters. The van der Waals surface area contributed by atoms with Crippen molar-refractivity contribution in [3.05, 3.63) is 51.4 Å². The Morgan fingerprint density at radius 1 is 1.06 bits per heavy atom. The molecule has 1 aromatic heterocycles. The number of H-pyrrole nitrogens is 1. The highest BCUT2D eigenvalue weighted by atomic mass is 16.6. The third-order valence-electron chi connectivity index (χ3n) is 4.69. The number of benzene rings is 1. The number of urea groups is 1. The van der Waals surface area contributed by atoms with Gasteiger partial charge in [-0.2, -0.15) is 0 Å². The largest absolute Gasteiger partial charge is 0.412 e. The lowest BCUT2D eigenvalue weighted by molar-refractivity contribution is 0.112. The van der Waals surface area contributed by atoms with E-state index < -0.39 is 12.1 Å². The van der Waals surface area contributed by atoms with Crippen LogP contribution in [0.3, 0.4) is 0 Å². The molecule has 0 saturated heterocycles. The van der Waals surface area contributed by atoms with Crippen LogP contribution in [0.25, 0.3) is 0 Å². The minimum Gasteiger partial charge on any atom is -0.410 e. The predicted molar refractivity (Wildman–Crippen MR) is 120 cm³/mol. The third kappa shape index (κ3) is 8.21. The van der Waals surface area contributed by atoms with Crippen LogP contribution in [0.2, 0.25) is 0 Å². The number of hydrogen-bond acceptors (Lipinski definition) is 6. The zero-order chi connectivity index (χ0) is 23.3. The number of aryl methyl sites for hydroxylation is 1. The molecule has 0 atom stereocenters. The number of ether oxygens (including phenoxy) is 1. The monoisotopic (exact) mass is 443 g/mol. The quantitative estimate of drug-likeness (QED) is 0.311. The van der Waals surface area contributed by atoms with Gasteiger partial charge in [-0.1, -0.05) is 19.8 Å². The van der Waals surface area contributed by atoms with E-state index in [2.05, 4.69) is 25.9 Å². The van der Waals surface area contributed by atoms with Crippen LogP contribution in [-0.4, -0.2) is 41.5 Å². The van der Waals surface area contributed by atoms with E-state index >= 15 is 0 Å². The molecule has 0 radical (unpaired) electrons. The van der Waals surface area contributed by atoms with Crippen molar-refractivity contribution in [1.29, 1.82) is 0 Å². The molecule has 0 aliphatic rings. The summed E-state index contributed by atoms with van der Waals surface area (Å²) in [4.78, 5) is 52.9. The second kappa shape index (κ2) is 12.9. The van der Waals surface area contributed by atoms with Crippen LogP contribution >= 0.6 is 0 Å². The Kier molecular flexibility index (Phi) is 9.89. The Balaban J connectivity index is 1.53. The lowest BCUT2D eigenvalue weighted by atomic mass is 10.2. The summed E-state index contributed by atoms with van der Waals surface area (Å²) < 4.78 is 5.11. The number of nitrogens with zero attached hydrogens (tertiary/aromatic N) is 1. The number of carbonyl (C=O) groups excluding carboxylic acids is 3. The average molecular weight is 444 g/mol. The molecule has 10 nitrogen and oxygen atoms in total. The van der Waals surface area contributed by atoms with Gasteiger partial charge in [-0.25, -0.2) is 14.6 Å². The van der Waals surface area contributed by atoms with Crippen LogP contribution in [-0.2, 0) is 6.42 Å². The fourth-order valence-corrected chi connectivity index (χ4v) is 2.99. The van der Waals surface area contributed by atoms with Gasteiger partial charge >= 0.3 is 12.1 Å². The maximum Gasteiger partial charge on any atom is 0.412 e. The number of aromatic amines is 1. The number of amides is 3. The average Bonchev–Trinajstić information content (AvgIpc) is 2.76. The summed E-state index contributed by atoms with van der Waals surface area (Å²) in [5.41, 5.74) is 1.47. The van der Waals surface area contributed by atoms with Crippen LogP contribution in [0.4, 0.5) is 15.5 Å². The smallest absolute Gasteiger partial charge is 0.410 e. The molecule has 0 spiro atoms. The van der Waals surface area contributed by atoms with Crippen LogP contribution < -0.4 is 26.2 Å². The topological polar surface area (TPSA) is 142 Å². The molecule has 0 saturated carbocycles. The molecule has 32 heavy (non-hydrogen) atoms. The Hall–Kier alpha value is -3.69. The van der Waals surface area contributed by atoms with E-state index in [0.717, 1.165) is 32.0 Å². The molecule has 0 bridgehead atoms. The van der Waals surface area contributed by atoms with Crippen molar-refractivity contribution in [2.24, 2.45) is 0 Å². The van der Waals surface area contributed by atoms with Gasteiger partial charge in [-0.05, 0) is 50.5 Å². The fourth-order valence-electron chi connectivity index (χ4n) is 2.99. The minimum atomic E-state index is -0.545. The van der Waals surface area contributed by atoms with Gasteiger partial charge in [0, 0.05) is 29.9 Å². The maximum absolute atomic E-state index is 11.9. The normalized spacial score (nSPS) is 10.3. The highest BCUT2D eigenvalue weighted by Crippen LogP contribution is 2.11. The van der Waals surface area contributed by atoms with Crippen molar-refractivity contribution in [1.82, 2.24) is 20.6 Å². The van der Waals surface area contributed by atoms with Gasteiger partial charge < -0.3 is 15.4 Å².